The summed E-state index contributed by atoms with van der Waals surface area (Å²) in [6.45, 7) is 4.04. The standard InChI is InChI=1S/C17H27ClN4OS/c1-4-12(2)19-16(23)11-24-17-20-14(18)10-15(21-17)22(3)13-8-6-5-7-9-13/h10,12-13H,4-9,11H2,1-3H3,(H,19,23). The van der Waals surface area contributed by atoms with E-state index in [1.54, 1.807) is 6.07 Å². The van der Waals surface area contributed by atoms with Crippen molar-refractivity contribution in [3.8, 4) is 0 Å². The second-order valence-electron chi connectivity index (χ2n) is 6.40. The van der Waals surface area contributed by atoms with Gasteiger partial charge in [0.2, 0.25) is 5.91 Å². The van der Waals surface area contributed by atoms with Crippen molar-refractivity contribution in [2.24, 2.45) is 0 Å². The Hall–Kier alpha value is -1.01. The highest BCUT2D eigenvalue weighted by atomic mass is 35.5. The molecule has 0 spiro atoms. The molecule has 1 aromatic heterocycles. The Kier molecular flexibility index (Phi) is 7.62. The highest BCUT2D eigenvalue weighted by molar-refractivity contribution is 7.99. The Balaban J connectivity index is 1.98. The Bertz CT molecular complexity index is 551. The zero-order valence-electron chi connectivity index (χ0n) is 14.7. The number of hydrogen-bond acceptors (Lipinski definition) is 5. The molecule has 0 aliphatic heterocycles. The monoisotopic (exact) mass is 370 g/mol. The lowest BCUT2D eigenvalue weighted by molar-refractivity contribution is -0.119. The minimum absolute atomic E-state index is 0.000102. The third-order valence-corrected chi connectivity index (χ3v) is 5.54. The molecule has 1 heterocycles. The van der Waals surface area contributed by atoms with Gasteiger partial charge in [-0.05, 0) is 26.2 Å². The molecule has 1 aliphatic rings. The van der Waals surface area contributed by atoms with Gasteiger partial charge in [-0.1, -0.05) is 49.5 Å². The summed E-state index contributed by atoms with van der Waals surface area (Å²) < 4.78 is 0. The summed E-state index contributed by atoms with van der Waals surface area (Å²) in [6.07, 6.45) is 7.16. The molecule has 0 aromatic carbocycles. The van der Waals surface area contributed by atoms with Crippen LogP contribution in [0.5, 0.6) is 0 Å². The van der Waals surface area contributed by atoms with Crippen molar-refractivity contribution in [2.45, 2.75) is 69.6 Å². The Labute approximate surface area is 154 Å². The van der Waals surface area contributed by atoms with Crippen molar-refractivity contribution in [3.63, 3.8) is 0 Å². The van der Waals surface area contributed by atoms with Crippen molar-refractivity contribution in [1.82, 2.24) is 15.3 Å². The van der Waals surface area contributed by atoms with E-state index in [-0.39, 0.29) is 11.9 Å². The van der Waals surface area contributed by atoms with Crippen LogP contribution in [0.3, 0.4) is 0 Å². The molecule has 1 N–H and O–H groups in total. The van der Waals surface area contributed by atoms with E-state index in [2.05, 4.69) is 27.2 Å². The fraction of sp³-hybridized carbons (Fsp3) is 0.706. The Morgan fingerprint density at radius 1 is 1.42 bits per heavy atom. The Morgan fingerprint density at radius 3 is 2.79 bits per heavy atom. The molecule has 5 nitrogen and oxygen atoms in total. The van der Waals surface area contributed by atoms with Gasteiger partial charge in [-0.15, -0.1) is 0 Å². The highest BCUT2D eigenvalue weighted by Gasteiger charge is 2.20. The number of thioether (sulfide) groups is 1. The molecule has 134 valence electrons. The fourth-order valence-corrected chi connectivity index (χ4v) is 3.73. The number of nitrogens with one attached hydrogen (secondary N) is 1. The van der Waals surface area contributed by atoms with E-state index in [4.69, 9.17) is 11.6 Å². The predicted molar refractivity (Wildman–Crippen MR) is 101 cm³/mol. The molecule has 1 fully saturated rings. The number of anilines is 1. The van der Waals surface area contributed by atoms with Crippen LogP contribution in [0.25, 0.3) is 0 Å². The summed E-state index contributed by atoms with van der Waals surface area (Å²) in [6, 6.07) is 2.50. The van der Waals surface area contributed by atoms with Crippen LogP contribution in [0.2, 0.25) is 5.15 Å². The molecule has 2 rings (SSSR count). The van der Waals surface area contributed by atoms with Crippen LogP contribution in [0.4, 0.5) is 5.82 Å². The minimum Gasteiger partial charge on any atom is -0.357 e. The first-order valence-corrected chi connectivity index (χ1v) is 10.1. The van der Waals surface area contributed by atoms with Crippen LogP contribution in [0.1, 0.15) is 52.4 Å². The van der Waals surface area contributed by atoms with Crippen LogP contribution in [-0.2, 0) is 4.79 Å². The van der Waals surface area contributed by atoms with Gasteiger partial charge in [-0.25, -0.2) is 9.97 Å². The maximum atomic E-state index is 11.9. The van der Waals surface area contributed by atoms with E-state index in [9.17, 15) is 4.79 Å². The second-order valence-corrected chi connectivity index (χ2v) is 7.73. The minimum atomic E-state index is 0.000102. The summed E-state index contributed by atoms with van der Waals surface area (Å²) in [4.78, 5) is 22.9. The van der Waals surface area contributed by atoms with E-state index in [1.165, 1.54) is 43.9 Å². The van der Waals surface area contributed by atoms with Gasteiger partial charge < -0.3 is 10.2 Å². The zero-order chi connectivity index (χ0) is 17.5. The molecule has 1 amide bonds. The molecule has 24 heavy (non-hydrogen) atoms. The van der Waals surface area contributed by atoms with Gasteiger partial charge in [-0.3, -0.25) is 4.79 Å². The van der Waals surface area contributed by atoms with Crippen LogP contribution in [0.15, 0.2) is 11.2 Å². The van der Waals surface area contributed by atoms with E-state index in [0.29, 0.717) is 22.1 Å². The third-order valence-electron chi connectivity index (χ3n) is 4.50. The first kappa shape index (κ1) is 19.3. The van der Waals surface area contributed by atoms with Crippen LogP contribution >= 0.6 is 23.4 Å². The maximum Gasteiger partial charge on any atom is 0.230 e. The Morgan fingerprint density at radius 2 is 2.12 bits per heavy atom. The molecule has 0 bridgehead atoms. The van der Waals surface area contributed by atoms with E-state index in [0.717, 1.165) is 12.2 Å². The number of carbonyl (C=O) groups excluding carboxylic acids is 1. The molecular weight excluding hydrogens is 344 g/mol. The molecule has 0 saturated heterocycles. The number of hydrogen-bond donors (Lipinski definition) is 1. The zero-order valence-corrected chi connectivity index (χ0v) is 16.3. The summed E-state index contributed by atoms with van der Waals surface area (Å²) in [5.41, 5.74) is 0. The van der Waals surface area contributed by atoms with Crippen molar-refractivity contribution < 1.29 is 4.79 Å². The van der Waals surface area contributed by atoms with Crippen molar-refractivity contribution in [1.29, 1.82) is 0 Å². The molecule has 1 atom stereocenters. The average molecular weight is 371 g/mol. The van der Waals surface area contributed by atoms with E-state index >= 15 is 0 Å². The van der Waals surface area contributed by atoms with Crippen molar-refractivity contribution in [3.05, 3.63) is 11.2 Å². The first-order chi connectivity index (χ1) is 11.5. The molecule has 0 radical (unpaired) electrons. The first-order valence-electron chi connectivity index (χ1n) is 8.69. The second kappa shape index (κ2) is 9.47. The normalized spacial score (nSPS) is 16.7. The molecule has 1 unspecified atom stereocenters. The molecule has 1 aromatic rings. The lowest BCUT2D eigenvalue weighted by Crippen LogP contribution is -2.34. The van der Waals surface area contributed by atoms with Crippen molar-refractivity contribution >= 4 is 35.1 Å². The van der Waals surface area contributed by atoms with Gasteiger partial charge in [0, 0.05) is 25.2 Å². The lowest BCUT2D eigenvalue weighted by atomic mass is 9.94. The van der Waals surface area contributed by atoms with Gasteiger partial charge in [0.15, 0.2) is 5.16 Å². The number of carbonyl (C=O) groups is 1. The van der Waals surface area contributed by atoms with E-state index in [1.807, 2.05) is 13.8 Å². The molecule has 1 saturated carbocycles. The summed E-state index contributed by atoms with van der Waals surface area (Å²) >= 11 is 7.49. The number of amides is 1. The largest absolute Gasteiger partial charge is 0.357 e. The number of nitrogens with zero attached hydrogens (tertiary/aromatic N) is 3. The lowest BCUT2D eigenvalue weighted by Gasteiger charge is -2.32. The molecule has 7 heteroatoms. The number of aromatic nitrogens is 2. The molecular formula is C17H27ClN4OS. The average Bonchev–Trinajstić information content (AvgIpc) is 2.59. The number of rotatable bonds is 7. The van der Waals surface area contributed by atoms with E-state index < -0.39 is 0 Å². The number of halogens is 1. The quantitative estimate of drug-likeness (QED) is 0.448. The van der Waals surface area contributed by atoms with Crippen LogP contribution in [-0.4, -0.2) is 40.8 Å². The maximum absolute atomic E-state index is 11.9. The highest BCUT2D eigenvalue weighted by Crippen LogP contribution is 2.27. The van der Waals surface area contributed by atoms with Gasteiger partial charge in [-0.2, -0.15) is 0 Å². The molecule has 1 aliphatic carbocycles. The van der Waals surface area contributed by atoms with Crippen LogP contribution in [0, 0.1) is 0 Å². The summed E-state index contributed by atoms with van der Waals surface area (Å²) in [5.74, 6) is 1.14. The summed E-state index contributed by atoms with van der Waals surface area (Å²) in [5, 5.41) is 3.92. The predicted octanol–water partition coefficient (Wildman–Crippen LogP) is 3.91. The van der Waals surface area contributed by atoms with Gasteiger partial charge >= 0.3 is 0 Å². The third kappa shape index (κ3) is 5.81. The van der Waals surface area contributed by atoms with Gasteiger partial charge in [0.1, 0.15) is 11.0 Å². The fourth-order valence-electron chi connectivity index (χ4n) is 2.83. The SMILES string of the molecule is CCC(C)NC(=O)CSc1nc(Cl)cc(N(C)C2CCCCC2)n1. The van der Waals surface area contributed by atoms with Gasteiger partial charge in [0.05, 0.1) is 5.75 Å². The van der Waals surface area contributed by atoms with Crippen molar-refractivity contribution in [2.75, 3.05) is 17.7 Å². The summed E-state index contributed by atoms with van der Waals surface area (Å²) in [7, 11) is 2.07. The smallest absolute Gasteiger partial charge is 0.230 e. The topological polar surface area (TPSA) is 58.1 Å². The van der Waals surface area contributed by atoms with Gasteiger partial charge in [0.25, 0.3) is 0 Å². The van der Waals surface area contributed by atoms with Crippen LogP contribution < -0.4 is 10.2 Å².